The number of nitrogens with zero attached hydrogens (tertiary/aromatic N) is 1. The molecule has 0 N–H and O–H groups in total. The first-order chi connectivity index (χ1) is 12.4. The highest BCUT2D eigenvalue weighted by atomic mass is 28.3. The van der Waals surface area contributed by atoms with E-state index in [4.69, 9.17) is 4.74 Å². The second-order valence-corrected chi connectivity index (χ2v) is 12.6. The minimum absolute atomic E-state index is 0.00705. The Balaban J connectivity index is 2.35. The predicted molar refractivity (Wildman–Crippen MR) is 108 cm³/mol. The van der Waals surface area contributed by atoms with Gasteiger partial charge in [-0.3, -0.25) is 0 Å². The summed E-state index contributed by atoms with van der Waals surface area (Å²) < 4.78 is 5.31. The van der Waals surface area contributed by atoms with Crippen molar-refractivity contribution in [2.75, 3.05) is 6.23 Å². The first-order valence-electron chi connectivity index (χ1n) is 8.51. The fourth-order valence-corrected chi connectivity index (χ4v) is 2.84. The van der Waals surface area contributed by atoms with Gasteiger partial charge in [-0.2, -0.15) is 5.26 Å². The minimum atomic E-state index is -1.52. The molecular formula is C22H23NO2Si. The molecule has 4 heteroatoms. The molecule has 132 valence electrons. The maximum atomic E-state index is 12.2. The van der Waals surface area contributed by atoms with E-state index in [1.807, 2.05) is 66.7 Å². The van der Waals surface area contributed by atoms with Crippen LogP contribution in [0.3, 0.4) is 0 Å². The maximum absolute atomic E-state index is 12.2. The highest BCUT2D eigenvalue weighted by Crippen LogP contribution is 2.23. The van der Waals surface area contributed by atoms with Crippen molar-refractivity contribution in [2.24, 2.45) is 0 Å². The van der Waals surface area contributed by atoms with Gasteiger partial charge in [-0.15, -0.1) is 0 Å². The van der Waals surface area contributed by atoms with Gasteiger partial charge in [0.25, 0.3) is 0 Å². The quantitative estimate of drug-likeness (QED) is 0.239. The van der Waals surface area contributed by atoms with Gasteiger partial charge >= 0.3 is 5.97 Å². The molecule has 0 amide bonds. The largest absolute Gasteiger partial charge is 0.465 e. The lowest BCUT2D eigenvalue weighted by molar-refractivity contribution is -0.136. The molecule has 2 rings (SSSR count). The number of hydrogen-bond acceptors (Lipinski definition) is 3. The molecule has 2 aromatic rings. The third-order valence-corrected chi connectivity index (χ3v) is 4.57. The topological polar surface area (TPSA) is 50.1 Å². The van der Waals surface area contributed by atoms with E-state index in [0.29, 0.717) is 6.23 Å². The van der Waals surface area contributed by atoms with Crippen LogP contribution in [0.1, 0.15) is 11.1 Å². The van der Waals surface area contributed by atoms with Crippen LogP contribution in [-0.4, -0.2) is 20.3 Å². The maximum Gasteiger partial charge on any atom is 0.348 e. The molecule has 0 bridgehead atoms. The summed E-state index contributed by atoms with van der Waals surface area (Å²) in [5, 5.41) is 9.34. The van der Waals surface area contributed by atoms with Crippen LogP contribution in [0.15, 0.2) is 78.4 Å². The monoisotopic (exact) mass is 361 g/mol. The molecule has 0 fully saturated rings. The molecule has 0 radical (unpaired) electrons. The summed E-state index contributed by atoms with van der Waals surface area (Å²) in [5.74, 6) is -0.563. The van der Waals surface area contributed by atoms with E-state index >= 15 is 0 Å². The Hall–Kier alpha value is -2.90. The van der Waals surface area contributed by atoms with Gasteiger partial charge in [-0.25, -0.2) is 4.79 Å². The van der Waals surface area contributed by atoms with E-state index in [1.54, 1.807) is 12.2 Å². The summed E-state index contributed by atoms with van der Waals surface area (Å²) in [6, 6.07) is 21.7. The smallest absolute Gasteiger partial charge is 0.348 e. The van der Waals surface area contributed by atoms with Gasteiger partial charge in [-0.05, 0) is 22.8 Å². The van der Waals surface area contributed by atoms with Crippen molar-refractivity contribution < 1.29 is 9.53 Å². The normalized spacial score (nSPS) is 11.4. The number of allylic oxidation sites excluding steroid dienone is 2. The molecule has 0 aliphatic heterocycles. The summed E-state index contributed by atoms with van der Waals surface area (Å²) >= 11 is 0. The lowest BCUT2D eigenvalue weighted by Crippen LogP contribution is -2.30. The molecule has 0 saturated heterocycles. The van der Waals surface area contributed by atoms with Crippen LogP contribution in [0.4, 0.5) is 0 Å². The number of hydrogen-bond donors (Lipinski definition) is 0. The van der Waals surface area contributed by atoms with Crippen LogP contribution in [0.2, 0.25) is 19.6 Å². The van der Waals surface area contributed by atoms with Crippen LogP contribution in [0.5, 0.6) is 0 Å². The molecule has 0 unspecified atom stereocenters. The summed E-state index contributed by atoms with van der Waals surface area (Å²) in [7, 11) is -1.52. The van der Waals surface area contributed by atoms with Crippen molar-refractivity contribution in [3.05, 3.63) is 89.5 Å². The third kappa shape index (κ3) is 5.87. The highest BCUT2D eigenvalue weighted by molar-refractivity contribution is 6.76. The van der Waals surface area contributed by atoms with Gasteiger partial charge < -0.3 is 4.74 Å². The number of benzene rings is 2. The Morgan fingerprint density at radius 1 is 0.962 bits per heavy atom. The van der Waals surface area contributed by atoms with Gasteiger partial charge in [-0.1, -0.05) is 86.4 Å². The van der Waals surface area contributed by atoms with E-state index in [1.165, 1.54) is 0 Å². The number of esters is 1. The number of nitriles is 1. The van der Waals surface area contributed by atoms with E-state index in [0.717, 1.165) is 16.7 Å². The Bertz CT molecular complexity index is 800. The molecule has 0 aromatic heterocycles. The third-order valence-electron chi connectivity index (χ3n) is 3.56. The van der Waals surface area contributed by atoms with Gasteiger partial charge in [0.05, 0.1) is 14.3 Å². The summed E-state index contributed by atoms with van der Waals surface area (Å²) in [5.41, 5.74) is 2.98. The highest BCUT2D eigenvalue weighted by Gasteiger charge is 2.18. The minimum Gasteiger partial charge on any atom is -0.465 e. The predicted octanol–water partition coefficient (Wildman–Crippen LogP) is 4.99. The van der Waals surface area contributed by atoms with Gasteiger partial charge in [0.2, 0.25) is 0 Å². The van der Waals surface area contributed by atoms with Crippen molar-refractivity contribution in [1.82, 2.24) is 0 Å². The van der Waals surface area contributed by atoms with Crippen LogP contribution >= 0.6 is 0 Å². The lowest BCUT2D eigenvalue weighted by Gasteiger charge is -2.15. The molecule has 26 heavy (non-hydrogen) atoms. The number of rotatable bonds is 6. The van der Waals surface area contributed by atoms with Crippen LogP contribution in [0, 0.1) is 11.3 Å². The zero-order valence-corrected chi connectivity index (χ0v) is 16.4. The fraction of sp³-hybridized carbons (Fsp3) is 0.182. The summed E-state index contributed by atoms with van der Waals surface area (Å²) in [6.45, 7) is 6.33. The van der Waals surface area contributed by atoms with E-state index in [2.05, 4.69) is 19.6 Å². The van der Waals surface area contributed by atoms with E-state index in [-0.39, 0.29) is 5.57 Å². The molecule has 0 heterocycles. The van der Waals surface area contributed by atoms with Crippen molar-refractivity contribution >= 4 is 19.6 Å². The standard InChI is InChI=1S/C22H23NO2Si/c1-26(2,3)17-25-22(24)20(16-23)14-15-21(18-10-6-4-7-11-18)19-12-8-5-9-13-19/h4-15H,17H2,1-3H3. The number of ether oxygens (including phenoxy) is 1. The SMILES string of the molecule is C[Si](C)(C)COC(=O)C(C#N)=CC=C(c1ccccc1)c1ccccc1. The second kappa shape index (κ2) is 8.98. The average molecular weight is 362 g/mol. The zero-order valence-electron chi connectivity index (χ0n) is 15.4. The molecule has 0 atom stereocenters. The van der Waals surface area contributed by atoms with Crippen LogP contribution in [-0.2, 0) is 9.53 Å². The Kier molecular flexibility index (Phi) is 6.71. The van der Waals surface area contributed by atoms with Gasteiger partial charge in [0.15, 0.2) is 0 Å². The van der Waals surface area contributed by atoms with Crippen molar-refractivity contribution in [2.45, 2.75) is 19.6 Å². The van der Waals surface area contributed by atoms with E-state index < -0.39 is 14.0 Å². The summed E-state index contributed by atoms with van der Waals surface area (Å²) in [4.78, 5) is 12.2. The van der Waals surface area contributed by atoms with E-state index in [9.17, 15) is 10.1 Å². The molecule has 3 nitrogen and oxygen atoms in total. The lowest BCUT2D eigenvalue weighted by atomic mass is 9.97. The fourth-order valence-electron chi connectivity index (χ4n) is 2.27. The zero-order chi connectivity index (χ0) is 19.0. The molecular weight excluding hydrogens is 338 g/mol. The molecule has 0 spiro atoms. The van der Waals surface area contributed by atoms with Crippen molar-refractivity contribution in [1.29, 1.82) is 5.26 Å². The molecule has 2 aromatic carbocycles. The number of carbonyl (C=O) groups excluding carboxylic acids is 1. The molecule has 0 aliphatic rings. The van der Waals surface area contributed by atoms with Crippen molar-refractivity contribution in [3.8, 4) is 6.07 Å². The van der Waals surface area contributed by atoms with Crippen molar-refractivity contribution in [3.63, 3.8) is 0 Å². The summed E-state index contributed by atoms with van der Waals surface area (Å²) in [6.07, 6.45) is 3.75. The second-order valence-electron chi connectivity index (χ2n) is 7.14. The Labute approximate surface area is 156 Å². The molecule has 0 saturated carbocycles. The van der Waals surface area contributed by atoms with Crippen LogP contribution in [0.25, 0.3) is 5.57 Å². The Morgan fingerprint density at radius 3 is 1.88 bits per heavy atom. The average Bonchev–Trinajstić information content (AvgIpc) is 2.64. The molecule has 0 aliphatic carbocycles. The first-order valence-corrected chi connectivity index (χ1v) is 12.2. The van der Waals surface area contributed by atoms with Crippen LogP contribution < -0.4 is 0 Å². The van der Waals surface area contributed by atoms with Gasteiger partial charge in [0.1, 0.15) is 11.6 Å². The Morgan fingerprint density at radius 2 is 1.46 bits per heavy atom. The van der Waals surface area contributed by atoms with Gasteiger partial charge in [0, 0.05) is 0 Å². The first kappa shape index (κ1) is 19.4. The number of carbonyl (C=O) groups is 1.